The molecule has 2 aliphatic rings. The molecule has 4 rings (SSSR count). The Bertz CT molecular complexity index is 1020. The monoisotopic (exact) mass is 536 g/mol. The summed E-state index contributed by atoms with van der Waals surface area (Å²) in [4.78, 5) is 34.3. The van der Waals surface area contributed by atoms with Gasteiger partial charge in [0.15, 0.2) is 0 Å². The van der Waals surface area contributed by atoms with Gasteiger partial charge in [-0.1, -0.05) is 15.9 Å². The lowest BCUT2D eigenvalue weighted by Gasteiger charge is -2.29. The molecule has 0 radical (unpaired) electrons. The van der Waals surface area contributed by atoms with E-state index < -0.39 is 12.1 Å². The van der Waals surface area contributed by atoms with E-state index in [0.717, 1.165) is 40.5 Å². The van der Waals surface area contributed by atoms with Gasteiger partial charge in [-0.2, -0.15) is 13.2 Å². The third kappa shape index (κ3) is 5.78. The van der Waals surface area contributed by atoms with Crippen LogP contribution in [0.25, 0.3) is 10.1 Å². The van der Waals surface area contributed by atoms with Crippen LogP contribution in [0.3, 0.4) is 0 Å². The van der Waals surface area contributed by atoms with Crippen LogP contribution in [-0.4, -0.2) is 54.9 Å². The maximum absolute atomic E-state index is 12.4. The lowest BCUT2D eigenvalue weighted by molar-refractivity contribution is -0.192. The van der Waals surface area contributed by atoms with Gasteiger partial charge in [0, 0.05) is 15.6 Å². The van der Waals surface area contributed by atoms with Crippen LogP contribution in [-0.2, 0) is 14.3 Å². The number of alkyl halides is 3. The summed E-state index contributed by atoms with van der Waals surface area (Å²) in [5.74, 6) is -2.97. The van der Waals surface area contributed by atoms with Crippen LogP contribution in [0.4, 0.5) is 13.2 Å². The Morgan fingerprint density at radius 2 is 1.94 bits per heavy atom. The molecule has 0 saturated carbocycles. The lowest BCUT2D eigenvalue weighted by atomic mass is 9.76. The summed E-state index contributed by atoms with van der Waals surface area (Å²) >= 11 is 4.92. The zero-order valence-corrected chi connectivity index (χ0v) is 19.0. The molecular weight excluding hydrogens is 517 g/mol. The number of cyclic esters (lactones) is 1. The van der Waals surface area contributed by atoms with Crippen LogP contribution in [0, 0.1) is 5.41 Å². The number of hydrogen-bond donors (Lipinski definition) is 3. The minimum atomic E-state index is -5.08. The average molecular weight is 537 g/mol. The van der Waals surface area contributed by atoms with Gasteiger partial charge in [-0.15, -0.1) is 11.3 Å². The largest absolute Gasteiger partial charge is 0.490 e. The van der Waals surface area contributed by atoms with E-state index in [0.29, 0.717) is 17.8 Å². The van der Waals surface area contributed by atoms with Crippen molar-refractivity contribution in [2.45, 2.75) is 31.5 Å². The number of thiophene rings is 1. The Balaban J connectivity index is 0.000000360. The maximum atomic E-state index is 12.4. The summed E-state index contributed by atoms with van der Waals surface area (Å²) < 4.78 is 39.3. The van der Waals surface area contributed by atoms with Crippen molar-refractivity contribution in [3.05, 3.63) is 33.6 Å². The van der Waals surface area contributed by atoms with Crippen molar-refractivity contribution in [1.82, 2.24) is 10.6 Å². The van der Waals surface area contributed by atoms with Gasteiger partial charge in [-0.3, -0.25) is 9.59 Å². The highest BCUT2D eigenvalue weighted by Gasteiger charge is 2.49. The van der Waals surface area contributed by atoms with Crippen molar-refractivity contribution in [3.8, 4) is 0 Å². The number of esters is 1. The molecule has 1 unspecified atom stereocenters. The molecule has 1 amide bonds. The summed E-state index contributed by atoms with van der Waals surface area (Å²) in [7, 11) is 0. The van der Waals surface area contributed by atoms with Gasteiger partial charge in [0.05, 0.1) is 16.8 Å². The predicted molar refractivity (Wildman–Crippen MR) is 115 cm³/mol. The third-order valence-electron chi connectivity index (χ3n) is 5.32. The maximum Gasteiger partial charge on any atom is 0.490 e. The number of nitrogens with one attached hydrogen (secondary N) is 2. The molecule has 1 aromatic carbocycles. The topological polar surface area (TPSA) is 105 Å². The number of halogens is 4. The van der Waals surface area contributed by atoms with Crippen LogP contribution in [0.5, 0.6) is 0 Å². The van der Waals surface area contributed by atoms with Crippen molar-refractivity contribution < 1.29 is 37.4 Å². The van der Waals surface area contributed by atoms with Gasteiger partial charge >= 0.3 is 18.1 Å². The molecule has 7 nitrogen and oxygen atoms in total. The van der Waals surface area contributed by atoms with E-state index in [1.165, 1.54) is 11.3 Å². The summed E-state index contributed by atoms with van der Waals surface area (Å²) in [5.41, 5.74) is -0.343. The molecule has 1 spiro atoms. The molecule has 12 heteroatoms. The SMILES string of the molecule is O=C(NCC1CC2(CCNCC2)C(=O)O1)c1cc2cc(Br)ccc2s1.O=C(O)C(F)(F)F. The number of carbonyl (C=O) groups excluding carboxylic acids is 2. The lowest BCUT2D eigenvalue weighted by Crippen LogP contribution is -2.39. The number of ether oxygens (including phenoxy) is 1. The van der Waals surface area contributed by atoms with Gasteiger partial charge in [0.25, 0.3) is 5.91 Å². The number of hydrogen-bond acceptors (Lipinski definition) is 6. The smallest absolute Gasteiger partial charge is 0.475 e. The Morgan fingerprint density at radius 1 is 1.28 bits per heavy atom. The predicted octanol–water partition coefficient (Wildman–Crippen LogP) is 3.71. The number of carboxylic acids is 1. The first-order valence-corrected chi connectivity index (χ1v) is 11.3. The van der Waals surface area contributed by atoms with Crippen molar-refractivity contribution in [3.63, 3.8) is 0 Å². The number of amides is 1. The number of carbonyl (C=O) groups is 3. The summed E-state index contributed by atoms with van der Waals surface area (Å²) in [6.45, 7) is 2.08. The zero-order valence-electron chi connectivity index (χ0n) is 16.6. The second-order valence-electron chi connectivity index (χ2n) is 7.57. The van der Waals surface area contributed by atoms with Gasteiger partial charge in [-0.25, -0.2) is 4.79 Å². The molecule has 1 aromatic heterocycles. The molecule has 0 bridgehead atoms. The highest BCUT2D eigenvalue weighted by Crippen LogP contribution is 2.41. The van der Waals surface area contributed by atoms with Gasteiger partial charge in [0.2, 0.25) is 0 Å². The van der Waals surface area contributed by atoms with E-state index in [-0.39, 0.29) is 23.4 Å². The van der Waals surface area contributed by atoms with E-state index >= 15 is 0 Å². The highest BCUT2D eigenvalue weighted by atomic mass is 79.9. The fraction of sp³-hybridized carbons (Fsp3) is 0.450. The van der Waals surface area contributed by atoms with E-state index in [1.807, 2.05) is 24.3 Å². The minimum absolute atomic E-state index is 0.0973. The molecular formula is C20H20BrF3N2O5S. The first kappa shape index (κ1) is 24.5. The van der Waals surface area contributed by atoms with Crippen molar-refractivity contribution in [2.75, 3.05) is 19.6 Å². The highest BCUT2D eigenvalue weighted by molar-refractivity contribution is 9.10. The third-order valence-corrected chi connectivity index (χ3v) is 6.93. The fourth-order valence-electron chi connectivity index (χ4n) is 3.68. The van der Waals surface area contributed by atoms with Crippen LogP contribution in [0.1, 0.15) is 28.9 Å². The molecule has 3 heterocycles. The number of aliphatic carboxylic acids is 1. The Hall–Kier alpha value is -2.18. The van der Waals surface area contributed by atoms with Crippen molar-refractivity contribution in [1.29, 1.82) is 0 Å². The molecule has 1 atom stereocenters. The van der Waals surface area contributed by atoms with Gasteiger partial charge in [0.1, 0.15) is 6.10 Å². The molecule has 174 valence electrons. The zero-order chi connectivity index (χ0) is 23.5. The Kier molecular flexibility index (Phi) is 7.46. The number of fused-ring (bicyclic) bond motifs is 1. The number of carboxylic acid groups (broad SMARTS) is 1. The van der Waals surface area contributed by atoms with E-state index in [9.17, 15) is 22.8 Å². The first-order chi connectivity index (χ1) is 15.0. The van der Waals surface area contributed by atoms with E-state index in [4.69, 9.17) is 14.6 Å². The summed E-state index contributed by atoms with van der Waals surface area (Å²) in [6.07, 6.45) is -2.96. The average Bonchev–Trinajstić information content (AvgIpc) is 3.27. The molecule has 0 aliphatic carbocycles. The van der Waals surface area contributed by atoms with Crippen LogP contribution in [0.15, 0.2) is 28.7 Å². The minimum Gasteiger partial charge on any atom is -0.475 e. The molecule has 2 aliphatic heterocycles. The molecule has 2 aromatic rings. The number of piperidine rings is 1. The summed E-state index contributed by atoms with van der Waals surface area (Å²) in [6, 6.07) is 7.87. The normalized spacial score (nSPS) is 19.9. The first-order valence-electron chi connectivity index (χ1n) is 9.69. The standard InChI is InChI=1S/C18H19BrN2O3S.C2HF3O2/c19-12-1-2-14-11(7-12)8-15(25-14)16(22)21-10-13-9-18(17(23)24-13)3-5-20-6-4-18;3-2(4,5)1(6)7/h1-2,7-8,13,20H,3-6,9-10H2,(H,21,22);(H,6,7). The van der Waals surface area contributed by atoms with Gasteiger partial charge in [-0.05, 0) is 55.6 Å². The van der Waals surface area contributed by atoms with Gasteiger partial charge < -0.3 is 20.5 Å². The number of benzene rings is 1. The summed E-state index contributed by atoms with van der Waals surface area (Å²) in [5, 5.41) is 14.4. The quantitative estimate of drug-likeness (QED) is 0.516. The Morgan fingerprint density at radius 3 is 2.56 bits per heavy atom. The second-order valence-corrected chi connectivity index (χ2v) is 9.57. The van der Waals surface area contributed by atoms with Crippen LogP contribution < -0.4 is 10.6 Å². The number of rotatable bonds is 3. The molecule has 3 N–H and O–H groups in total. The Labute approximate surface area is 193 Å². The second kappa shape index (κ2) is 9.75. The van der Waals surface area contributed by atoms with E-state index in [2.05, 4.69) is 26.6 Å². The van der Waals surface area contributed by atoms with E-state index in [1.54, 1.807) is 0 Å². The molecule has 2 saturated heterocycles. The molecule has 32 heavy (non-hydrogen) atoms. The molecule has 2 fully saturated rings. The van der Waals surface area contributed by atoms with Crippen molar-refractivity contribution >= 4 is 55.2 Å². The fourth-order valence-corrected chi connectivity index (χ4v) is 5.02. The van der Waals surface area contributed by atoms with Crippen LogP contribution >= 0.6 is 27.3 Å². The van der Waals surface area contributed by atoms with Crippen LogP contribution in [0.2, 0.25) is 0 Å². The van der Waals surface area contributed by atoms with Crippen molar-refractivity contribution in [2.24, 2.45) is 5.41 Å².